The van der Waals surface area contributed by atoms with Gasteiger partial charge in [-0.15, -0.1) is 0 Å². The second kappa shape index (κ2) is 14.7. The molecule has 0 rings (SSSR count). The maximum atomic E-state index is 14.4. The first-order chi connectivity index (χ1) is 23.6. The van der Waals surface area contributed by atoms with E-state index in [1.54, 1.807) is 0 Å². The van der Waals surface area contributed by atoms with Crippen molar-refractivity contribution in [1.82, 2.24) is 0 Å². The standard InChI is InChI=1S/C22H19F29O3Si/c1-4-52-55(53-5-2,54-6-3)8-7-9(23,24)10(25,26)11(27,28)12(29,30)13(31,32)14(33,34)15(35,36)16(37,38)17(39,40)18(41,42)19(43,44)20(45,46)21(47,48)22(49,50)51/h4-8H2,1-3H3. The zero-order valence-electron chi connectivity index (χ0n) is 26.2. The summed E-state index contributed by atoms with van der Waals surface area (Å²) < 4.78 is 412. The second-order valence-corrected chi connectivity index (χ2v) is 13.3. The summed E-state index contributed by atoms with van der Waals surface area (Å²) in [6.45, 7) is 1.04. The first kappa shape index (κ1) is 53.1. The van der Waals surface area contributed by atoms with E-state index in [-0.39, 0.29) is 0 Å². The summed E-state index contributed by atoms with van der Waals surface area (Å²) in [6.07, 6.45) is -11.4. The summed E-state index contributed by atoms with van der Waals surface area (Å²) in [5.74, 6) is -121. The van der Waals surface area contributed by atoms with Gasteiger partial charge < -0.3 is 13.3 Å². The maximum absolute atomic E-state index is 14.4. The average molecular weight is 910 g/mol. The van der Waals surface area contributed by atoms with Crippen molar-refractivity contribution < 1.29 is 141 Å². The van der Waals surface area contributed by atoms with Crippen LogP contribution in [0.4, 0.5) is 127 Å². The molecular weight excluding hydrogens is 891 g/mol. The molecule has 0 heterocycles. The van der Waals surface area contributed by atoms with Gasteiger partial charge in [-0.2, -0.15) is 127 Å². The van der Waals surface area contributed by atoms with Gasteiger partial charge in [-0.3, -0.25) is 0 Å². The molecule has 0 aromatic carbocycles. The molecule has 0 bridgehead atoms. The molecule has 0 aliphatic rings. The highest BCUT2D eigenvalue weighted by atomic mass is 28.4. The fraction of sp³-hybridized carbons (Fsp3) is 1.00. The Morgan fingerprint density at radius 2 is 0.473 bits per heavy atom. The van der Waals surface area contributed by atoms with E-state index < -0.39 is 124 Å². The molecule has 33 heteroatoms. The van der Waals surface area contributed by atoms with E-state index in [9.17, 15) is 127 Å². The minimum atomic E-state index is -9.95. The topological polar surface area (TPSA) is 27.7 Å². The summed E-state index contributed by atoms with van der Waals surface area (Å²) in [7, 11) is -4.81. The van der Waals surface area contributed by atoms with Crippen molar-refractivity contribution in [3.63, 3.8) is 0 Å². The number of rotatable bonds is 21. The number of hydrogen-bond donors (Lipinski definition) is 0. The van der Waals surface area contributed by atoms with E-state index >= 15 is 0 Å². The number of alkyl halides is 29. The van der Waals surface area contributed by atoms with Crippen molar-refractivity contribution >= 4 is 8.80 Å². The lowest BCUT2D eigenvalue weighted by molar-refractivity contribution is -0.487. The molecule has 0 N–H and O–H groups in total. The smallest absolute Gasteiger partial charge is 0.374 e. The SMILES string of the molecule is CCO[Si](CCC(F)(F)C(F)(F)C(F)(F)C(F)(F)C(F)(F)C(F)(F)C(F)(F)C(F)(F)C(F)(F)C(F)(F)C(F)(F)C(F)(F)C(F)(F)C(F)(F)F)(OCC)OCC. The predicted octanol–water partition coefficient (Wildman–Crippen LogP) is 11.2. The Hall–Kier alpha value is -1.93. The Labute approximate surface area is 286 Å². The third kappa shape index (κ3) is 7.26. The van der Waals surface area contributed by atoms with Gasteiger partial charge in [0, 0.05) is 32.3 Å². The molecule has 55 heavy (non-hydrogen) atoms. The molecule has 0 amide bonds. The van der Waals surface area contributed by atoms with Crippen LogP contribution in [0.1, 0.15) is 27.2 Å². The highest BCUT2D eigenvalue weighted by molar-refractivity contribution is 6.60. The lowest BCUT2D eigenvalue weighted by atomic mass is 9.83. The van der Waals surface area contributed by atoms with Gasteiger partial charge in [0.2, 0.25) is 0 Å². The first-order valence-corrected chi connectivity index (χ1v) is 15.5. The van der Waals surface area contributed by atoms with Crippen LogP contribution in [-0.4, -0.2) is 112 Å². The Balaban J connectivity index is 7.45. The van der Waals surface area contributed by atoms with E-state index in [1.165, 1.54) is 0 Å². The lowest BCUT2D eigenvalue weighted by Gasteiger charge is -2.46. The van der Waals surface area contributed by atoms with Crippen LogP contribution in [0.2, 0.25) is 6.04 Å². The molecule has 332 valence electrons. The minimum absolute atomic E-state index is 0.659. The molecule has 0 fully saturated rings. The molecule has 0 aromatic rings. The molecular formula is C22H19F29O3Si. The van der Waals surface area contributed by atoms with Crippen molar-refractivity contribution in [2.45, 2.75) is 116 Å². The highest BCUT2D eigenvalue weighted by Crippen LogP contribution is 2.69. The molecule has 0 aliphatic carbocycles. The monoisotopic (exact) mass is 910 g/mol. The van der Waals surface area contributed by atoms with E-state index in [1.807, 2.05) is 0 Å². The van der Waals surface area contributed by atoms with Gasteiger partial charge in [-0.1, -0.05) is 0 Å². The van der Waals surface area contributed by atoms with Crippen LogP contribution in [0.3, 0.4) is 0 Å². The van der Waals surface area contributed by atoms with Crippen LogP contribution in [0.25, 0.3) is 0 Å². The van der Waals surface area contributed by atoms with E-state index in [2.05, 4.69) is 0 Å². The summed E-state index contributed by atoms with van der Waals surface area (Å²) in [5.41, 5.74) is 0. The third-order valence-electron chi connectivity index (χ3n) is 6.99. The maximum Gasteiger partial charge on any atom is 0.501 e. The lowest BCUT2D eigenvalue weighted by Crippen LogP contribution is -2.79. The van der Waals surface area contributed by atoms with Gasteiger partial charge in [0.15, 0.2) is 0 Å². The van der Waals surface area contributed by atoms with Crippen molar-refractivity contribution in [1.29, 1.82) is 0 Å². The molecule has 0 saturated heterocycles. The van der Waals surface area contributed by atoms with Crippen LogP contribution < -0.4 is 0 Å². The Kier molecular flexibility index (Phi) is 14.2. The molecule has 0 saturated carbocycles. The zero-order valence-corrected chi connectivity index (χ0v) is 27.2. The molecule has 3 nitrogen and oxygen atoms in total. The summed E-state index contributed by atoms with van der Waals surface area (Å²) in [6, 6.07) is -1.91. The summed E-state index contributed by atoms with van der Waals surface area (Å²) >= 11 is 0. The molecule has 0 aliphatic heterocycles. The summed E-state index contributed by atoms with van der Waals surface area (Å²) in [4.78, 5) is 0. The second-order valence-electron chi connectivity index (χ2n) is 10.6. The van der Waals surface area contributed by atoms with E-state index in [4.69, 9.17) is 13.3 Å². The van der Waals surface area contributed by atoms with Crippen LogP contribution in [0, 0.1) is 0 Å². The fourth-order valence-electron chi connectivity index (χ4n) is 3.85. The number of halogens is 29. The van der Waals surface area contributed by atoms with E-state index in [0.29, 0.717) is 0 Å². The van der Waals surface area contributed by atoms with E-state index in [0.717, 1.165) is 20.8 Å². The molecule has 0 atom stereocenters. The summed E-state index contributed by atoms with van der Waals surface area (Å²) in [5, 5.41) is 0. The largest absolute Gasteiger partial charge is 0.501 e. The zero-order chi connectivity index (χ0) is 45.2. The van der Waals surface area contributed by atoms with Crippen molar-refractivity contribution in [2.24, 2.45) is 0 Å². The van der Waals surface area contributed by atoms with Gasteiger partial charge in [-0.25, -0.2) is 0 Å². The quantitative estimate of drug-likeness (QED) is 0.0848. The first-order valence-electron chi connectivity index (χ1n) is 13.5. The van der Waals surface area contributed by atoms with Crippen LogP contribution >= 0.6 is 0 Å². The molecule has 0 spiro atoms. The normalized spacial score (nSPS) is 16.6. The van der Waals surface area contributed by atoms with Crippen molar-refractivity contribution in [3.05, 3.63) is 0 Å². The Bertz CT molecular complexity index is 1290. The van der Waals surface area contributed by atoms with Gasteiger partial charge in [0.1, 0.15) is 0 Å². The Morgan fingerprint density at radius 3 is 0.655 bits per heavy atom. The predicted molar refractivity (Wildman–Crippen MR) is 120 cm³/mol. The minimum Gasteiger partial charge on any atom is -0.374 e. The van der Waals surface area contributed by atoms with Gasteiger partial charge in [-0.05, 0) is 20.8 Å². The molecule has 0 radical (unpaired) electrons. The fourth-order valence-corrected chi connectivity index (χ4v) is 6.47. The van der Waals surface area contributed by atoms with Gasteiger partial charge >= 0.3 is 92.0 Å². The van der Waals surface area contributed by atoms with Crippen molar-refractivity contribution in [2.75, 3.05) is 19.8 Å². The van der Waals surface area contributed by atoms with Crippen LogP contribution in [-0.2, 0) is 13.3 Å². The number of hydrogen-bond acceptors (Lipinski definition) is 3. The van der Waals surface area contributed by atoms with Crippen molar-refractivity contribution in [3.8, 4) is 0 Å². The molecule has 0 aromatic heterocycles. The third-order valence-corrected chi connectivity index (χ3v) is 10.0. The average Bonchev–Trinajstić information content (AvgIpc) is 2.98. The van der Waals surface area contributed by atoms with Crippen LogP contribution in [0.5, 0.6) is 0 Å². The van der Waals surface area contributed by atoms with Crippen LogP contribution in [0.15, 0.2) is 0 Å². The Morgan fingerprint density at radius 1 is 0.291 bits per heavy atom. The van der Waals surface area contributed by atoms with Gasteiger partial charge in [0.05, 0.1) is 0 Å². The molecule has 0 unspecified atom stereocenters. The highest BCUT2D eigenvalue weighted by Gasteiger charge is 3.00. The van der Waals surface area contributed by atoms with Gasteiger partial charge in [0.25, 0.3) is 0 Å².